The van der Waals surface area contributed by atoms with E-state index in [4.69, 9.17) is 0 Å². The number of fused-ring (bicyclic) bond motifs is 1. The molecule has 0 radical (unpaired) electrons. The van der Waals surface area contributed by atoms with Crippen LogP contribution in [-0.4, -0.2) is 23.2 Å². The second-order valence-electron chi connectivity index (χ2n) is 3.59. The van der Waals surface area contributed by atoms with Crippen LogP contribution >= 0.6 is 0 Å². The molecule has 0 saturated carbocycles. The maximum Gasteiger partial charge on any atom is 0.308 e. The van der Waals surface area contributed by atoms with Crippen LogP contribution in [0.3, 0.4) is 0 Å². The van der Waals surface area contributed by atoms with Crippen LogP contribution in [-0.2, 0) is 9.53 Å². The molecule has 1 atom stereocenters. The van der Waals surface area contributed by atoms with E-state index in [0.717, 1.165) is 10.9 Å². The first-order valence-electron chi connectivity index (χ1n) is 5.03. The molecule has 0 unspecified atom stereocenters. The van der Waals surface area contributed by atoms with Gasteiger partial charge in [0.2, 0.25) is 0 Å². The molecular weight excluding hydrogens is 206 g/mol. The molecule has 0 spiro atoms. The van der Waals surface area contributed by atoms with E-state index in [2.05, 4.69) is 9.72 Å². The molecule has 16 heavy (non-hydrogen) atoms. The molecule has 4 nitrogen and oxygen atoms in total. The van der Waals surface area contributed by atoms with Crippen molar-refractivity contribution in [2.45, 2.75) is 12.5 Å². The van der Waals surface area contributed by atoms with E-state index in [1.807, 2.05) is 18.2 Å². The van der Waals surface area contributed by atoms with Crippen LogP contribution in [0.25, 0.3) is 10.9 Å². The van der Waals surface area contributed by atoms with Crippen LogP contribution in [0, 0.1) is 0 Å². The summed E-state index contributed by atoms with van der Waals surface area (Å²) in [5.41, 5.74) is 1.58. The number of carbonyl (C=O) groups excluding carboxylic acids is 1. The van der Waals surface area contributed by atoms with E-state index < -0.39 is 12.1 Å². The van der Waals surface area contributed by atoms with Crippen molar-refractivity contribution < 1.29 is 14.6 Å². The minimum atomic E-state index is -0.838. The predicted octanol–water partition coefficient (Wildman–Crippen LogP) is 1.76. The van der Waals surface area contributed by atoms with Gasteiger partial charge in [0.05, 0.1) is 25.2 Å². The summed E-state index contributed by atoms with van der Waals surface area (Å²) >= 11 is 0. The molecule has 84 valence electrons. The molecule has 4 heteroatoms. The van der Waals surface area contributed by atoms with Crippen molar-refractivity contribution >= 4 is 16.9 Å². The van der Waals surface area contributed by atoms with Gasteiger partial charge in [-0.05, 0) is 11.5 Å². The monoisotopic (exact) mass is 219 g/mol. The van der Waals surface area contributed by atoms with Gasteiger partial charge in [0.25, 0.3) is 0 Å². The Kier molecular flexibility index (Phi) is 2.92. The van der Waals surface area contributed by atoms with Gasteiger partial charge in [-0.1, -0.05) is 18.2 Å². The van der Waals surface area contributed by atoms with Gasteiger partial charge in [0.1, 0.15) is 0 Å². The predicted molar refractivity (Wildman–Crippen MR) is 59.9 cm³/mol. The van der Waals surface area contributed by atoms with Crippen molar-refractivity contribution in [1.82, 2.24) is 4.98 Å². The molecule has 0 fully saturated rings. The number of ether oxygens (including phenoxy) is 1. The number of hydrogen-bond donors (Lipinski definition) is 2. The summed E-state index contributed by atoms with van der Waals surface area (Å²) in [6, 6.07) is 7.52. The first-order valence-corrected chi connectivity index (χ1v) is 5.03. The summed E-state index contributed by atoms with van der Waals surface area (Å²) in [5, 5.41) is 10.9. The number of aliphatic hydroxyl groups is 1. The van der Waals surface area contributed by atoms with E-state index >= 15 is 0 Å². The van der Waals surface area contributed by atoms with E-state index in [1.165, 1.54) is 7.11 Å². The van der Waals surface area contributed by atoms with Gasteiger partial charge in [-0.2, -0.15) is 0 Å². The smallest absolute Gasteiger partial charge is 0.308 e. The highest BCUT2D eigenvalue weighted by Gasteiger charge is 2.15. The number of benzene rings is 1. The highest BCUT2D eigenvalue weighted by atomic mass is 16.5. The fourth-order valence-corrected chi connectivity index (χ4v) is 1.74. The number of carbonyl (C=O) groups is 1. The van der Waals surface area contributed by atoms with E-state index in [9.17, 15) is 9.90 Å². The number of para-hydroxylation sites is 1. The minimum absolute atomic E-state index is 0.0331. The van der Waals surface area contributed by atoms with Crippen molar-refractivity contribution in [3.8, 4) is 0 Å². The van der Waals surface area contributed by atoms with Gasteiger partial charge >= 0.3 is 5.97 Å². The Balaban J connectivity index is 2.32. The molecule has 0 aliphatic heterocycles. The Labute approximate surface area is 92.9 Å². The molecule has 1 aromatic carbocycles. The largest absolute Gasteiger partial charge is 0.469 e. The van der Waals surface area contributed by atoms with Gasteiger partial charge in [0.15, 0.2) is 0 Å². The minimum Gasteiger partial charge on any atom is -0.469 e. The topological polar surface area (TPSA) is 62.3 Å². The van der Waals surface area contributed by atoms with Crippen LogP contribution in [0.4, 0.5) is 0 Å². The zero-order chi connectivity index (χ0) is 11.5. The number of H-pyrrole nitrogens is 1. The Bertz CT molecular complexity index is 504. The van der Waals surface area contributed by atoms with Crippen LogP contribution < -0.4 is 0 Å². The highest BCUT2D eigenvalue weighted by Crippen LogP contribution is 2.25. The van der Waals surface area contributed by atoms with Gasteiger partial charge < -0.3 is 14.8 Å². The van der Waals surface area contributed by atoms with Gasteiger partial charge in [-0.3, -0.25) is 4.79 Å². The Morgan fingerprint density at radius 3 is 3.06 bits per heavy atom. The molecule has 2 aromatic rings. The van der Waals surface area contributed by atoms with Gasteiger partial charge in [0, 0.05) is 11.8 Å². The number of aromatic nitrogens is 1. The molecule has 2 N–H and O–H groups in total. The van der Waals surface area contributed by atoms with E-state index in [1.54, 1.807) is 12.3 Å². The SMILES string of the molecule is COC(=O)C[C@H](O)c1cccc2cc[nH]c12. The number of aromatic amines is 1. The average Bonchev–Trinajstić information content (AvgIpc) is 2.76. The second-order valence-corrected chi connectivity index (χ2v) is 3.59. The van der Waals surface area contributed by atoms with Crippen molar-refractivity contribution in [3.63, 3.8) is 0 Å². The standard InChI is InChI=1S/C12H13NO3/c1-16-11(15)7-10(14)9-4-2-3-8-5-6-13-12(8)9/h2-6,10,13-14H,7H2,1H3/t10-/m0/s1. The van der Waals surface area contributed by atoms with Crippen molar-refractivity contribution in [2.75, 3.05) is 7.11 Å². The van der Waals surface area contributed by atoms with Crippen molar-refractivity contribution in [3.05, 3.63) is 36.0 Å². The van der Waals surface area contributed by atoms with Crippen LogP contribution in [0.2, 0.25) is 0 Å². The van der Waals surface area contributed by atoms with Gasteiger partial charge in [-0.15, -0.1) is 0 Å². The van der Waals surface area contributed by atoms with Crippen molar-refractivity contribution in [1.29, 1.82) is 0 Å². The molecule has 1 heterocycles. The third-order valence-corrected chi connectivity index (χ3v) is 2.57. The number of rotatable bonds is 3. The molecule has 2 rings (SSSR count). The highest BCUT2D eigenvalue weighted by molar-refractivity contribution is 5.83. The lowest BCUT2D eigenvalue weighted by molar-refractivity contribution is -0.142. The number of methoxy groups -OCH3 is 1. The summed E-state index contributed by atoms with van der Waals surface area (Å²) < 4.78 is 4.53. The van der Waals surface area contributed by atoms with Crippen molar-refractivity contribution in [2.24, 2.45) is 0 Å². The molecule has 0 amide bonds. The summed E-state index contributed by atoms with van der Waals surface area (Å²) in [6.45, 7) is 0. The van der Waals surface area contributed by atoms with Crippen LogP contribution in [0.15, 0.2) is 30.5 Å². The fraction of sp³-hybridized carbons (Fsp3) is 0.250. The Hall–Kier alpha value is -1.81. The van der Waals surface area contributed by atoms with Crippen LogP contribution in [0.5, 0.6) is 0 Å². The first-order chi connectivity index (χ1) is 7.72. The molecule has 0 saturated heterocycles. The first kappa shape index (κ1) is 10.7. The number of nitrogens with one attached hydrogen (secondary N) is 1. The zero-order valence-corrected chi connectivity index (χ0v) is 8.93. The molecule has 0 aliphatic rings. The van der Waals surface area contributed by atoms with E-state index in [-0.39, 0.29) is 6.42 Å². The summed E-state index contributed by atoms with van der Waals surface area (Å²) in [4.78, 5) is 14.1. The molecule has 0 bridgehead atoms. The summed E-state index contributed by atoms with van der Waals surface area (Å²) in [6.07, 6.45) is 0.933. The fourth-order valence-electron chi connectivity index (χ4n) is 1.74. The Morgan fingerprint density at radius 1 is 1.50 bits per heavy atom. The van der Waals surface area contributed by atoms with Gasteiger partial charge in [-0.25, -0.2) is 0 Å². The quantitative estimate of drug-likeness (QED) is 0.773. The Morgan fingerprint density at radius 2 is 2.31 bits per heavy atom. The summed E-state index contributed by atoms with van der Waals surface area (Å²) in [5.74, 6) is -0.420. The third kappa shape index (κ3) is 1.92. The number of hydrogen-bond acceptors (Lipinski definition) is 3. The second kappa shape index (κ2) is 4.37. The maximum absolute atomic E-state index is 11.1. The number of esters is 1. The maximum atomic E-state index is 11.1. The normalized spacial score (nSPS) is 12.6. The lowest BCUT2D eigenvalue weighted by Crippen LogP contribution is -2.08. The third-order valence-electron chi connectivity index (χ3n) is 2.57. The molecule has 1 aromatic heterocycles. The lowest BCUT2D eigenvalue weighted by atomic mass is 10.0. The van der Waals surface area contributed by atoms with Crippen LogP contribution in [0.1, 0.15) is 18.1 Å². The molecule has 0 aliphatic carbocycles. The van der Waals surface area contributed by atoms with E-state index in [0.29, 0.717) is 5.56 Å². The average molecular weight is 219 g/mol. The lowest BCUT2D eigenvalue weighted by Gasteiger charge is -2.10. The zero-order valence-electron chi connectivity index (χ0n) is 8.93. The summed E-state index contributed by atoms with van der Waals surface area (Å²) in [7, 11) is 1.31. The number of aliphatic hydroxyl groups excluding tert-OH is 1. The molecular formula is C12H13NO3.